The largest absolute Gasteiger partial charge is 0.309 e. The lowest BCUT2D eigenvalue weighted by molar-refractivity contribution is -0.741. The predicted octanol–water partition coefficient (Wildman–Crippen LogP) is 15.5. The standard InChI is InChI=1S/C61H51N4/c1-6-61(7-2)41(5)51-27-24-44(37-53(51)58-23-12-15-32-64(58)61)42-17-16-18-43(33-42)45-25-28-59-54(38-45)55-39-46(52-20-9-8-19-50(52)40(3)4)26-29-60(55)65(59)49-35-47(56-21-10-13-30-62-56)34-48(36-49)57-22-11-14-31-63-57/h8-40H,5-7H2,1-4H3/q+1. The molecule has 6 aromatic carbocycles. The van der Waals surface area contributed by atoms with Gasteiger partial charge in [0.15, 0.2) is 11.7 Å². The van der Waals surface area contributed by atoms with Crippen LogP contribution in [0.1, 0.15) is 57.6 Å². The van der Waals surface area contributed by atoms with Gasteiger partial charge in [-0.1, -0.05) is 113 Å². The summed E-state index contributed by atoms with van der Waals surface area (Å²) >= 11 is 0. The van der Waals surface area contributed by atoms with Gasteiger partial charge in [0.25, 0.3) is 0 Å². The van der Waals surface area contributed by atoms with E-state index in [1.54, 1.807) is 0 Å². The molecule has 65 heavy (non-hydrogen) atoms. The number of rotatable bonds is 9. The number of nitrogens with zero attached hydrogens (tertiary/aromatic N) is 4. The Bertz CT molecular complexity index is 3390. The summed E-state index contributed by atoms with van der Waals surface area (Å²) in [5.41, 5.74) is 20.6. The summed E-state index contributed by atoms with van der Waals surface area (Å²) in [7, 11) is 0. The van der Waals surface area contributed by atoms with Crippen molar-refractivity contribution in [3.05, 3.63) is 212 Å². The third-order valence-corrected chi connectivity index (χ3v) is 14.0. The molecule has 5 heterocycles. The molecule has 0 N–H and O–H groups in total. The number of hydrogen-bond donors (Lipinski definition) is 0. The van der Waals surface area contributed by atoms with Crippen molar-refractivity contribution in [1.29, 1.82) is 0 Å². The van der Waals surface area contributed by atoms with Gasteiger partial charge in [-0.25, -0.2) is 0 Å². The molecule has 0 spiro atoms. The second kappa shape index (κ2) is 16.1. The minimum Gasteiger partial charge on any atom is -0.309 e. The fraction of sp³-hybridized carbons (Fsp3) is 0.131. The summed E-state index contributed by atoms with van der Waals surface area (Å²) in [6.07, 6.45) is 7.94. The lowest BCUT2D eigenvalue weighted by Crippen LogP contribution is -2.59. The van der Waals surface area contributed by atoms with Gasteiger partial charge < -0.3 is 4.57 Å². The molecule has 0 saturated heterocycles. The Kier molecular flexibility index (Phi) is 9.96. The van der Waals surface area contributed by atoms with Gasteiger partial charge in [-0.3, -0.25) is 9.97 Å². The van der Waals surface area contributed by atoms with Crippen molar-refractivity contribution in [2.24, 2.45) is 0 Å². The molecule has 4 aromatic heterocycles. The molecular weight excluding hydrogens is 789 g/mol. The van der Waals surface area contributed by atoms with Crippen LogP contribution in [0.5, 0.6) is 0 Å². The van der Waals surface area contributed by atoms with Crippen LogP contribution in [-0.4, -0.2) is 14.5 Å². The molecule has 10 aromatic rings. The van der Waals surface area contributed by atoms with Gasteiger partial charge >= 0.3 is 0 Å². The van der Waals surface area contributed by atoms with Crippen LogP contribution in [0.4, 0.5) is 0 Å². The van der Waals surface area contributed by atoms with Crippen LogP contribution in [0.25, 0.3) is 100 Å². The first-order valence-electron chi connectivity index (χ1n) is 23.0. The highest BCUT2D eigenvalue weighted by atomic mass is 15.1. The molecule has 0 atom stereocenters. The molecule has 1 aliphatic heterocycles. The third-order valence-electron chi connectivity index (χ3n) is 14.0. The zero-order chi connectivity index (χ0) is 44.2. The van der Waals surface area contributed by atoms with Gasteiger partial charge in [0, 0.05) is 70.5 Å². The lowest BCUT2D eigenvalue weighted by Gasteiger charge is -2.34. The summed E-state index contributed by atoms with van der Waals surface area (Å²) in [5.74, 6) is 0.394. The normalized spacial score (nSPS) is 13.0. The van der Waals surface area contributed by atoms with Crippen molar-refractivity contribution in [2.45, 2.75) is 52.0 Å². The molecule has 0 radical (unpaired) electrons. The molecule has 4 nitrogen and oxygen atoms in total. The van der Waals surface area contributed by atoms with Crippen LogP contribution in [0.3, 0.4) is 0 Å². The minimum absolute atomic E-state index is 0.130. The molecule has 0 bridgehead atoms. The maximum absolute atomic E-state index is 4.79. The van der Waals surface area contributed by atoms with Gasteiger partial charge in [0.1, 0.15) is 0 Å². The highest BCUT2D eigenvalue weighted by Gasteiger charge is 2.46. The van der Waals surface area contributed by atoms with Crippen LogP contribution in [0.15, 0.2) is 201 Å². The Labute approximate surface area is 381 Å². The summed E-state index contributed by atoms with van der Waals surface area (Å²) in [5, 5.41) is 2.41. The summed E-state index contributed by atoms with van der Waals surface area (Å²) in [6, 6.07) is 64.3. The highest BCUT2D eigenvalue weighted by molar-refractivity contribution is 6.12. The molecule has 0 amide bonds. The van der Waals surface area contributed by atoms with Crippen molar-refractivity contribution in [3.63, 3.8) is 0 Å². The van der Waals surface area contributed by atoms with Gasteiger partial charge in [0.2, 0.25) is 5.69 Å². The molecule has 0 aliphatic carbocycles. The third kappa shape index (κ3) is 6.71. The van der Waals surface area contributed by atoms with Gasteiger partial charge in [-0.05, 0) is 135 Å². The van der Waals surface area contributed by atoms with E-state index in [-0.39, 0.29) is 5.54 Å². The van der Waals surface area contributed by atoms with E-state index < -0.39 is 0 Å². The quantitative estimate of drug-likeness (QED) is 0.136. The van der Waals surface area contributed by atoms with E-state index in [1.807, 2.05) is 36.7 Å². The second-order valence-electron chi connectivity index (χ2n) is 17.8. The zero-order valence-electron chi connectivity index (χ0n) is 37.5. The molecule has 0 unspecified atom stereocenters. The number of aromatic nitrogens is 4. The van der Waals surface area contributed by atoms with Crippen LogP contribution in [0, 0.1) is 0 Å². The fourth-order valence-corrected chi connectivity index (χ4v) is 10.5. The van der Waals surface area contributed by atoms with E-state index in [0.29, 0.717) is 5.92 Å². The average Bonchev–Trinajstić information content (AvgIpc) is 3.70. The van der Waals surface area contributed by atoms with E-state index in [1.165, 1.54) is 72.1 Å². The summed E-state index contributed by atoms with van der Waals surface area (Å²) in [6.45, 7) is 13.8. The number of hydrogen-bond acceptors (Lipinski definition) is 2. The zero-order valence-corrected chi connectivity index (χ0v) is 37.5. The topological polar surface area (TPSA) is 34.6 Å². The van der Waals surface area contributed by atoms with Crippen molar-refractivity contribution in [3.8, 4) is 72.8 Å². The van der Waals surface area contributed by atoms with Crippen molar-refractivity contribution < 1.29 is 4.57 Å². The first-order chi connectivity index (χ1) is 31.8. The summed E-state index contributed by atoms with van der Waals surface area (Å²) in [4.78, 5) is 9.57. The van der Waals surface area contributed by atoms with Crippen LogP contribution in [-0.2, 0) is 5.54 Å². The number of pyridine rings is 3. The predicted molar refractivity (Wildman–Crippen MR) is 271 cm³/mol. The monoisotopic (exact) mass is 839 g/mol. The SMILES string of the molecule is C=C1c2ccc(-c3cccc(-c4ccc5c(c4)c4cc(-c6ccccc6C(C)C)ccc4n5-c4cc(-c5ccccn5)cc(-c5ccccn5)c4)c3)cc2-c2cccc[n+]2C1(CC)CC. The highest BCUT2D eigenvalue weighted by Crippen LogP contribution is 2.45. The van der Waals surface area contributed by atoms with Gasteiger partial charge in [-0.2, -0.15) is 4.57 Å². The average molecular weight is 840 g/mol. The van der Waals surface area contributed by atoms with Crippen molar-refractivity contribution in [1.82, 2.24) is 14.5 Å². The second-order valence-corrected chi connectivity index (χ2v) is 17.8. The Balaban J connectivity index is 1.09. The van der Waals surface area contributed by atoms with E-state index >= 15 is 0 Å². The van der Waals surface area contributed by atoms with E-state index in [0.717, 1.165) is 52.1 Å². The maximum Gasteiger partial charge on any atom is 0.213 e. The lowest BCUT2D eigenvalue weighted by atomic mass is 9.75. The molecular formula is C61H51N4+. The molecule has 11 rings (SSSR count). The van der Waals surface area contributed by atoms with Crippen molar-refractivity contribution in [2.75, 3.05) is 0 Å². The maximum atomic E-state index is 4.79. The Hall–Kier alpha value is -7.69. The van der Waals surface area contributed by atoms with E-state index in [4.69, 9.17) is 16.5 Å². The Morgan fingerprint density at radius 3 is 1.72 bits per heavy atom. The van der Waals surface area contributed by atoms with Crippen LogP contribution in [0.2, 0.25) is 0 Å². The molecule has 4 heteroatoms. The van der Waals surface area contributed by atoms with Crippen LogP contribution >= 0.6 is 0 Å². The first-order valence-corrected chi connectivity index (χ1v) is 23.0. The number of allylic oxidation sites excluding steroid dienone is 1. The number of fused-ring (bicyclic) bond motifs is 6. The Morgan fingerprint density at radius 2 is 1.08 bits per heavy atom. The molecule has 1 aliphatic rings. The molecule has 0 fully saturated rings. The van der Waals surface area contributed by atoms with Crippen molar-refractivity contribution >= 4 is 27.4 Å². The molecule has 314 valence electrons. The fourth-order valence-electron chi connectivity index (χ4n) is 10.5. The van der Waals surface area contributed by atoms with E-state index in [2.05, 4.69) is 195 Å². The minimum atomic E-state index is -0.130. The van der Waals surface area contributed by atoms with Crippen LogP contribution < -0.4 is 4.57 Å². The molecule has 0 saturated carbocycles. The summed E-state index contributed by atoms with van der Waals surface area (Å²) < 4.78 is 4.88. The number of benzene rings is 6. The van der Waals surface area contributed by atoms with E-state index in [9.17, 15) is 0 Å². The van der Waals surface area contributed by atoms with Gasteiger partial charge in [-0.15, -0.1) is 0 Å². The first kappa shape index (κ1) is 40.1. The smallest absolute Gasteiger partial charge is 0.213 e. The van der Waals surface area contributed by atoms with Gasteiger partial charge in [0.05, 0.1) is 28.0 Å². The Morgan fingerprint density at radius 1 is 0.508 bits per heavy atom.